The van der Waals surface area contributed by atoms with Crippen LogP contribution in [0, 0.1) is 11.8 Å². The third kappa shape index (κ3) is 2.25. The molecule has 2 heterocycles. The first-order valence-electron chi connectivity index (χ1n) is 5.38. The highest BCUT2D eigenvalue weighted by atomic mass is 16.4. The molecule has 1 saturated heterocycles. The van der Waals surface area contributed by atoms with Gasteiger partial charge in [0.2, 0.25) is 0 Å². The number of carbonyl (C=O) groups excluding carboxylic acids is 1. The third-order valence-corrected chi connectivity index (χ3v) is 3.05. The zero-order chi connectivity index (χ0) is 12.4. The number of hydrogen-bond acceptors (Lipinski definition) is 4. The second-order valence-electron chi connectivity index (χ2n) is 4.26. The number of carbonyl (C=O) groups is 2. The molecule has 6 nitrogen and oxygen atoms in total. The van der Waals surface area contributed by atoms with E-state index >= 15 is 0 Å². The molecule has 1 aromatic heterocycles. The molecule has 1 N–H and O–H groups in total. The van der Waals surface area contributed by atoms with Crippen molar-refractivity contribution in [2.24, 2.45) is 11.8 Å². The van der Waals surface area contributed by atoms with E-state index in [4.69, 9.17) is 5.11 Å². The number of carboxylic acid groups (broad SMARTS) is 1. The Balaban J connectivity index is 2.11. The maximum Gasteiger partial charge on any atom is 0.308 e. The number of aliphatic carboxylic acids is 1. The van der Waals surface area contributed by atoms with E-state index in [1.807, 2.05) is 6.92 Å². The largest absolute Gasteiger partial charge is 0.481 e. The van der Waals surface area contributed by atoms with Crippen LogP contribution < -0.4 is 0 Å². The molecule has 1 aromatic rings. The van der Waals surface area contributed by atoms with Crippen molar-refractivity contribution in [3.63, 3.8) is 0 Å². The van der Waals surface area contributed by atoms with Crippen LogP contribution in [-0.4, -0.2) is 45.2 Å². The molecule has 17 heavy (non-hydrogen) atoms. The van der Waals surface area contributed by atoms with Gasteiger partial charge in [-0.25, -0.2) is 0 Å². The fourth-order valence-electron chi connectivity index (χ4n) is 2.05. The first-order chi connectivity index (χ1) is 8.09. The molecule has 0 aliphatic carbocycles. The van der Waals surface area contributed by atoms with E-state index in [-0.39, 0.29) is 18.4 Å². The van der Waals surface area contributed by atoms with Gasteiger partial charge in [-0.2, -0.15) is 10.2 Å². The molecule has 1 aliphatic rings. The SMILES string of the molecule is CC1CN(C(=O)c2ccnnc2)CC1C(=O)O. The zero-order valence-corrected chi connectivity index (χ0v) is 9.41. The van der Waals surface area contributed by atoms with Crippen molar-refractivity contribution in [3.05, 3.63) is 24.0 Å². The van der Waals surface area contributed by atoms with E-state index in [1.54, 1.807) is 11.0 Å². The number of nitrogens with zero attached hydrogens (tertiary/aromatic N) is 3. The van der Waals surface area contributed by atoms with Gasteiger partial charge in [-0.1, -0.05) is 6.92 Å². The van der Waals surface area contributed by atoms with Gasteiger partial charge in [0.05, 0.1) is 23.9 Å². The Morgan fingerprint density at radius 1 is 1.41 bits per heavy atom. The van der Waals surface area contributed by atoms with Gasteiger partial charge in [0.15, 0.2) is 0 Å². The summed E-state index contributed by atoms with van der Waals surface area (Å²) in [7, 11) is 0. The van der Waals surface area contributed by atoms with E-state index in [2.05, 4.69) is 10.2 Å². The van der Waals surface area contributed by atoms with Crippen molar-refractivity contribution in [2.75, 3.05) is 13.1 Å². The van der Waals surface area contributed by atoms with E-state index in [1.165, 1.54) is 12.4 Å². The average molecular weight is 235 g/mol. The molecular weight excluding hydrogens is 222 g/mol. The highest BCUT2D eigenvalue weighted by molar-refractivity contribution is 5.94. The van der Waals surface area contributed by atoms with Gasteiger partial charge in [-0.3, -0.25) is 9.59 Å². The van der Waals surface area contributed by atoms with Gasteiger partial charge in [-0.05, 0) is 12.0 Å². The first-order valence-corrected chi connectivity index (χ1v) is 5.38. The molecular formula is C11H13N3O3. The summed E-state index contributed by atoms with van der Waals surface area (Å²) in [4.78, 5) is 24.5. The van der Waals surface area contributed by atoms with Crippen molar-refractivity contribution in [3.8, 4) is 0 Å². The van der Waals surface area contributed by atoms with Crippen molar-refractivity contribution < 1.29 is 14.7 Å². The number of rotatable bonds is 2. The minimum absolute atomic E-state index is 0.0220. The lowest BCUT2D eigenvalue weighted by Gasteiger charge is -2.15. The van der Waals surface area contributed by atoms with Crippen LogP contribution in [0.15, 0.2) is 18.5 Å². The van der Waals surface area contributed by atoms with Gasteiger partial charge >= 0.3 is 5.97 Å². The Bertz CT molecular complexity index is 435. The second-order valence-corrected chi connectivity index (χ2v) is 4.26. The maximum absolute atomic E-state index is 12.0. The highest BCUT2D eigenvalue weighted by Crippen LogP contribution is 2.24. The van der Waals surface area contributed by atoms with Gasteiger partial charge in [-0.15, -0.1) is 0 Å². The van der Waals surface area contributed by atoms with E-state index in [0.717, 1.165) is 0 Å². The van der Waals surface area contributed by atoms with Crippen LogP contribution in [0.1, 0.15) is 17.3 Å². The fourth-order valence-corrected chi connectivity index (χ4v) is 2.05. The Morgan fingerprint density at radius 2 is 2.18 bits per heavy atom. The summed E-state index contributed by atoms with van der Waals surface area (Å²) >= 11 is 0. The van der Waals surface area contributed by atoms with Crippen molar-refractivity contribution in [1.82, 2.24) is 15.1 Å². The topological polar surface area (TPSA) is 83.4 Å². The molecule has 2 unspecified atom stereocenters. The van der Waals surface area contributed by atoms with E-state index in [9.17, 15) is 9.59 Å². The Hall–Kier alpha value is -1.98. The quantitative estimate of drug-likeness (QED) is 0.795. The lowest BCUT2D eigenvalue weighted by molar-refractivity contribution is -0.142. The van der Waals surface area contributed by atoms with Crippen molar-refractivity contribution >= 4 is 11.9 Å². The second kappa shape index (κ2) is 4.48. The molecule has 1 fully saturated rings. The smallest absolute Gasteiger partial charge is 0.308 e. The molecule has 1 amide bonds. The normalized spacial score (nSPS) is 23.7. The molecule has 0 aromatic carbocycles. The Kier molecular flexibility index (Phi) is 3.03. The van der Waals surface area contributed by atoms with Crippen LogP contribution in [0.25, 0.3) is 0 Å². The van der Waals surface area contributed by atoms with Gasteiger partial charge < -0.3 is 10.0 Å². The predicted molar refractivity (Wildman–Crippen MR) is 58.2 cm³/mol. The summed E-state index contributed by atoms with van der Waals surface area (Å²) in [6.45, 7) is 2.58. The maximum atomic E-state index is 12.0. The summed E-state index contributed by atoms with van der Waals surface area (Å²) in [6.07, 6.45) is 2.84. The summed E-state index contributed by atoms with van der Waals surface area (Å²) in [5, 5.41) is 16.2. The van der Waals surface area contributed by atoms with Gasteiger partial charge in [0.25, 0.3) is 5.91 Å². The zero-order valence-electron chi connectivity index (χ0n) is 9.41. The summed E-state index contributed by atoms with van der Waals surface area (Å²) < 4.78 is 0. The standard InChI is InChI=1S/C11H13N3O3/c1-7-5-14(6-9(7)11(16)17)10(15)8-2-3-12-13-4-8/h2-4,7,9H,5-6H2,1H3,(H,16,17). The number of likely N-dealkylation sites (tertiary alicyclic amines) is 1. The molecule has 6 heteroatoms. The number of aromatic nitrogens is 2. The average Bonchev–Trinajstić information content (AvgIpc) is 2.71. The molecule has 0 bridgehead atoms. The van der Waals surface area contributed by atoms with E-state index in [0.29, 0.717) is 12.1 Å². The Morgan fingerprint density at radius 3 is 2.71 bits per heavy atom. The number of carboxylic acids is 1. The van der Waals surface area contributed by atoms with Crippen LogP contribution in [0.5, 0.6) is 0 Å². The number of hydrogen-bond donors (Lipinski definition) is 1. The minimum Gasteiger partial charge on any atom is -0.481 e. The molecule has 0 radical (unpaired) electrons. The fraction of sp³-hybridized carbons (Fsp3) is 0.455. The molecule has 90 valence electrons. The highest BCUT2D eigenvalue weighted by Gasteiger charge is 2.37. The lowest BCUT2D eigenvalue weighted by Crippen LogP contribution is -2.30. The molecule has 2 rings (SSSR count). The first kappa shape index (κ1) is 11.5. The van der Waals surface area contributed by atoms with Crippen molar-refractivity contribution in [1.29, 1.82) is 0 Å². The molecule has 0 saturated carbocycles. The van der Waals surface area contributed by atoms with E-state index < -0.39 is 11.9 Å². The number of amides is 1. The van der Waals surface area contributed by atoms with Gasteiger partial charge in [0, 0.05) is 13.1 Å². The van der Waals surface area contributed by atoms with Crippen LogP contribution in [0.3, 0.4) is 0 Å². The minimum atomic E-state index is -0.847. The van der Waals surface area contributed by atoms with Gasteiger partial charge in [0.1, 0.15) is 0 Å². The summed E-state index contributed by atoms with van der Waals surface area (Å²) in [6, 6.07) is 1.58. The molecule has 0 spiro atoms. The molecule has 1 aliphatic heterocycles. The van der Waals surface area contributed by atoms with Crippen molar-refractivity contribution in [2.45, 2.75) is 6.92 Å². The van der Waals surface area contributed by atoms with Crippen LogP contribution in [0.2, 0.25) is 0 Å². The Labute approximate surface area is 98.3 Å². The van der Waals surface area contributed by atoms with Crippen LogP contribution in [0.4, 0.5) is 0 Å². The third-order valence-electron chi connectivity index (χ3n) is 3.05. The summed E-state index contributed by atoms with van der Waals surface area (Å²) in [5.74, 6) is -1.53. The van der Waals surface area contributed by atoms with Crippen LogP contribution in [-0.2, 0) is 4.79 Å². The predicted octanol–water partition coefficient (Wildman–Crippen LogP) is 0.269. The van der Waals surface area contributed by atoms with Crippen LogP contribution >= 0.6 is 0 Å². The summed E-state index contributed by atoms with van der Waals surface area (Å²) in [5.41, 5.74) is 0.443. The molecule has 2 atom stereocenters. The lowest BCUT2D eigenvalue weighted by atomic mass is 9.99. The monoisotopic (exact) mass is 235 g/mol.